The van der Waals surface area contributed by atoms with Gasteiger partial charge in [0.25, 0.3) is 0 Å². The molecule has 0 saturated heterocycles. The largest absolute Gasteiger partial charge is 0.385 e. The van der Waals surface area contributed by atoms with Gasteiger partial charge in [0.15, 0.2) is 0 Å². The van der Waals surface area contributed by atoms with Gasteiger partial charge in [0, 0.05) is 12.2 Å². The maximum absolute atomic E-state index is 8.75. The lowest BCUT2D eigenvalue weighted by Crippen LogP contribution is -2.10. The van der Waals surface area contributed by atoms with Crippen LogP contribution in [0.5, 0.6) is 0 Å². The second-order valence-electron chi connectivity index (χ2n) is 3.97. The summed E-state index contributed by atoms with van der Waals surface area (Å²) in [6.07, 6.45) is 2.46. The highest BCUT2D eigenvalue weighted by molar-refractivity contribution is 5.49. The molecular formula is C13H18N2. The zero-order valence-corrected chi connectivity index (χ0v) is 9.46. The molecule has 0 spiro atoms. The third kappa shape index (κ3) is 4.03. The molecule has 2 heteroatoms. The van der Waals surface area contributed by atoms with Crippen LogP contribution in [0, 0.1) is 17.2 Å². The standard InChI is InChI=1S/C13H18N2/c1-3-5-11(2)10-15-13-7-4-6-12(8-13)9-14/h4,6-8,11,15H,3,5,10H2,1-2H3/t11-/m1/s1. The number of rotatable bonds is 5. The smallest absolute Gasteiger partial charge is 0.0992 e. The SMILES string of the molecule is CCC[C@@H](C)CNc1cccc(C#N)c1. The van der Waals surface area contributed by atoms with Crippen LogP contribution in [0.3, 0.4) is 0 Å². The first-order valence-electron chi connectivity index (χ1n) is 5.50. The van der Waals surface area contributed by atoms with Crippen molar-refractivity contribution in [1.29, 1.82) is 5.26 Å². The van der Waals surface area contributed by atoms with Gasteiger partial charge in [-0.15, -0.1) is 0 Å². The molecule has 0 aromatic heterocycles. The van der Waals surface area contributed by atoms with Crippen LogP contribution < -0.4 is 5.32 Å². The van der Waals surface area contributed by atoms with E-state index in [0.29, 0.717) is 11.5 Å². The molecular weight excluding hydrogens is 184 g/mol. The maximum Gasteiger partial charge on any atom is 0.0992 e. The lowest BCUT2D eigenvalue weighted by atomic mass is 10.1. The van der Waals surface area contributed by atoms with E-state index in [-0.39, 0.29) is 0 Å². The number of anilines is 1. The van der Waals surface area contributed by atoms with Gasteiger partial charge >= 0.3 is 0 Å². The summed E-state index contributed by atoms with van der Waals surface area (Å²) in [5, 5.41) is 12.1. The Kier molecular flexibility index (Phi) is 4.70. The molecule has 0 aliphatic carbocycles. The fourth-order valence-corrected chi connectivity index (χ4v) is 1.59. The first-order valence-corrected chi connectivity index (χ1v) is 5.50. The first-order chi connectivity index (χ1) is 7.26. The maximum atomic E-state index is 8.75. The van der Waals surface area contributed by atoms with Crippen LogP contribution >= 0.6 is 0 Å². The number of nitrogens with zero attached hydrogens (tertiary/aromatic N) is 1. The van der Waals surface area contributed by atoms with E-state index in [9.17, 15) is 0 Å². The van der Waals surface area contributed by atoms with E-state index >= 15 is 0 Å². The van der Waals surface area contributed by atoms with Crippen LogP contribution in [0.25, 0.3) is 0 Å². The Hall–Kier alpha value is -1.49. The van der Waals surface area contributed by atoms with E-state index in [1.165, 1.54) is 12.8 Å². The third-order valence-electron chi connectivity index (χ3n) is 2.43. The second kappa shape index (κ2) is 6.08. The predicted molar refractivity (Wildman–Crippen MR) is 63.7 cm³/mol. The molecule has 2 nitrogen and oxygen atoms in total. The summed E-state index contributed by atoms with van der Waals surface area (Å²) in [6, 6.07) is 9.76. The Morgan fingerprint density at radius 3 is 2.93 bits per heavy atom. The minimum Gasteiger partial charge on any atom is -0.385 e. The molecule has 0 aliphatic rings. The Labute approximate surface area is 91.9 Å². The third-order valence-corrected chi connectivity index (χ3v) is 2.43. The first kappa shape index (κ1) is 11.6. The molecule has 1 atom stereocenters. The molecule has 15 heavy (non-hydrogen) atoms. The highest BCUT2D eigenvalue weighted by Crippen LogP contribution is 2.12. The molecule has 0 amide bonds. The van der Waals surface area contributed by atoms with Gasteiger partial charge < -0.3 is 5.32 Å². The Balaban J connectivity index is 2.47. The Morgan fingerprint density at radius 2 is 2.27 bits per heavy atom. The molecule has 80 valence electrons. The van der Waals surface area contributed by atoms with Crippen molar-refractivity contribution in [2.24, 2.45) is 5.92 Å². The summed E-state index contributed by atoms with van der Waals surface area (Å²) in [5.41, 5.74) is 1.75. The minimum atomic E-state index is 0.681. The summed E-state index contributed by atoms with van der Waals surface area (Å²) in [7, 11) is 0. The lowest BCUT2D eigenvalue weighted by Gasteiger charge is -2.12. The van der Waals surface area contributed by atoms with Gasteiger partial charge in [-0.05, 0) is 30.5 Å². The van der Waals surface area contributed by atoms with Crippen molar-refractivity contribution < 1.29 is 0 Å². The van der Waals surface area contributed by atoms with Crippen LogP contribution in [-0.4, -0.2) is 6.54 Å². The normalized spacial score (nSPS) is 11.8. The van der Waals surface area contributed by atoms with Crippen LogP contribution in [0.15, 0.2) is 24.3 Å². The lowest BCUT2D eigenvalue weighted by molar-refractivity contribution is 0.551. The Morgan fingerprint density at radius 1 is 1.47 bits per heavy atom. The molecule has 0 aliphatic heterocycles. The predicted octanol–water partition coefficient (Wildman–Crippen LogP) is 3.41. The van der Waals surface area contributed by atoms with E-state index in [1.807, 2.05) is 24.3 Å². The molecule has 0 saturated carbocycles. The van der Waals surface area contributed by atoms with Gasteiger partial charge in [0.1, 0.15) is 0 Å². The number of benzene rings is 1. The average Bonchev–Trinajstić information content (AvgIpc) is 2.27. The molecule has 0 radical (unpaired) electrons. The van der Waals surface area contributed by atoms with Crippen molar-refractivity contribution in [3.05, 3.63) is 29.8 Å². The van der Waals surface area contributed by atoms with E-state index in [1.54, 1.807) is 0 Å². The summed E-state index contributed by atoms with van der Waals surface area (Å²) < 4.78 is 0. The fraction of sp³-hybridized carbons (Fsp3) is 0.462. The zero-order chi connectivity index (χ0) is 11.1. The summed E-state index contributed by atoms with van der Waals surface area (Å²) in [4.78, 5) is 0. The number of nitriles is 1. The van der Waals surface area contributed by atoms with Crippen molar-refractivity contribution >= 4 is 5.69 Å². The van der Waals surface area contributed by atoms with Crippen molar-refractivity contribution in [2.75, 3.05) is 11.9 Å². The van der Waals surface area contributed by atoms with E-state index in [0.717, 1.165) is 12.2 Å². The van der Waals surface area contributed by atoms with E-state index in [2.05, 4.69) is 25.2 Å². The highest BCUT2D eigenvalue weighted by Gasteiger charge is 2.00. The van der Waals surface area contributed by atoms with Gasteiger partial charge in [0.2, 0.25) is 0 Å². The van der Waals surface area contributed by atoms with Crippen LogP contribution in [0.1, 0.15) is 32.3 Å². The van der Waals surface area contributed by atoms with Crippen molar-refractivity contribution in [3.63, 3.8) is 0 Å². The zero-order valence-electron chi connectivity index (χ0n) is 9.46. The van der Waals surface area contributed by atoms with E-state index < -0.39 is 0 Å². The molecule has 1 rings (SSSR count). The van der Waals surface area contributed by atoms with Crippen molar-refractivity contribution in [2.45, 2.75) is 26.7 Å². The van der Waals surface area contributed by atoms with Gasteiger partial charge in [-0.1, -0.05) is 26.3 Å². The number of hydrogen-bond donors (Lipinski definition) is 1. The van der Waals surface area contributed by atoms with Crippen molar-refractivity contribution in [3.8, 4) is 6.07 Å². The van der Waals surface area contributed by atoms with E-state index in [4.69, 9.17) is 5.26 Å². The quantitative estimate of drug-likeness (QED) is 0.794. The van der Waals surface area contributed by atoms with Gasteiger partial charge in [-0.25, -0.2) is 0 Å². The van der Waals surface area contributed by atoms with Gasteiger partial charge in [0.05, 0.1) is 11.6 Å². The minimum absolute atomic E-state index is 0.681. The molecule has 1 aromatic carbocycles. The van der Waals surface area contributed by atoms with Crippen LogP contribution in [0.2, 0.25) is 0 Å². The molecule has 0 fully saturated rings. The molecule has 1 N–H and O–H groups in total. The molecule has 1 aromatic rings. The topological polar surface area (TPSA) is 35.8 Å². The molecule has 0 unspecified atom stereocenters. The highest BCUT2D eigenvalue weighted by atomic mass is 14.9. The summed E-state index contributed by atoms with van der Waals surface area (Å²) in [6.45, 7) is 5.42. The van der Waals surface area contributed by atoms with Crippen LogP contribution in [0.4, 0.5) is 5.69 Å². The second-order valence-corrected chi connectivity index (χ2v) is 3.97. The van der Waals surface area contributed by atoms with Crippen LogP contribution in [-0.2, 0) is 0 Å². The molecule has 0 bridgehead atoms. The fourth-order valence-electron chi connectivity index (χ4n) is 1.59. The average molecular weight is 202 g/mol. The van der Waals surface area contributed by atoms with Gasteiger partial charge in [-0.2, -0.15) is 5.26 Å². The summed E-state index contributed by atoms with van der Waals surface area (Å²) >= 11 is 0. The van der Waals surface area contributed by atoms with Crippen molar-refractivity contribution in [1.82, 2.24) is 0 Å². The Bertz CT molecular complexity index is 339. The number of hydrogen-bond acceptors (Lipinski definition) is 2. The summed E-state index contributed by atoms with van der Waals surface area (Å²) in [5.74, 6) is 0.681. The monoisotopic (exact) mass is 202 g/mol. The number of nitrogens with one attached hydrogen (secondary N) is 1. The van der Waals surface area contributed by atoms with Gasteiger partial charge in [-0.3, -0.25) is 0 Å². The molecule has 0 heterocycles.